The molecule has 1 heterocycles. The van der Waals surface area contributed by atoms with Crippen molar-refractivity contribution in [2.24, 2.45) is 4.99 Å². The van der Waals surface area contributed by atoms with Crippen molar-refractivity contribution < 1.29 is 13.9 Å². The predicted octanol–water partition coefficient (Wildman–Crippen LogP) is 6.84. The predicted molar refractivity (Wildman–Crippen MR) is 140 cm³/mol. The SMILES string of the molecule is COc1cccc(/C=C/C=Nc2ccccc2Nc2ccc(C#N)cn2)c1OCc1ccccc1F. The quantitative estimate of drug-likeness (QED) is 0.267. The van der Waals surface area contributed by atoms with E-state index in [2.05, 4.69) is 21.4 Å². The number of anilines is 2. The molecule has 6 nitrogen and oxygen atoms in total. The van der Waals surface area contributed by atoms with Gasteiger partial charge in [0.25, 0.3) is 0 Å². The number of hydrogen-bond acceptors (Lipinski definition) is 6. The van der Waals surface area contributed by atoms with Crippen molar-refractivity contribution in [3.8, 4) is 17.6 Å². The number of aromatic nitrogens is 1. The molecule has 0 radical (unpaired) electrons. The Kier molecular flexibility index (Phi) is 8.03. The van der Waals surface area contributed by atoms with Crippen LogP contribution in [0, 0.1) is 17.1 Å². The number of halogens is 1. The first-order chi connectivity index (χ1) is 17.7. The summed E-state index contributed by atoms with van der Waals surface area (Å²) in [6.45, 7) is 0.0738. The fourth-order valence-electron chi connectivity index (χ4n) is 3.38. The highest BCUT2D eigenvalue weighted by Crippen LogP contribution is 2.33. The summed E-state index contributed by atoms with van der Waals surface area (Å²) in [7, 11) is 1.56. The number of allylic oxidation sites excluding steroid dienone is 1. The molecule has 36 heavy (non-hydrogen) atoms. The third kappa shape index (κ3) is 6.13. The van der Waals surface area contributed by atoms with Crippen LogP contribution in [-0.4, -0.2) is 18.3 Å². The third-order valence-corrected chi connectivity index (χ3v) is 5.19. The fraction of sp³-hybridized carbons (Fsp3) is 0.0690. The number of ether oxygens (including phenoxy) is 2. The van der Waals surface area contributed by atoms with Gasteiger partial charge in [-0.15, -0.1) is 0 Å². The summed E-state index contributed by atoms with van der Waals surface area (Å²) in [5.74, 6) is 1.36. The zero-order chi connectivity index (χ0) is 25.2. The van der Waals surface area contributed by atoms with Crippen molar-refractivity contribution >= 4 is 29.5 Å². The van der Waals surface area contributed by atoms with Crippen LogP contribution in [0.3, 0.4) is 0 Å². The molecule has 7 heteroatoms. The van der Waals surface area contributed by atoms with Crippen LogP contribution in [0.2, 0.25) is 0 Å². The van der Waals surface area contributed by atoms with Gasteiger partial charge in [-0.3, -0.25) is 4.99 Å². The normalized spacial score (nSPS) is 10.9. The Morgan fingerprint density at radius 2 is 1.86 bits per heavy atom. The lowest BCUT2D eigenvalue weighted by Gasteiger charge is -2.13. The van der Waals surface area contributed by atoms with Crippen molar-refractivity contribution in [3.63, 3.8) is 0 Å². The maximum atomic E-state index is 14.0. The first kappa shape index (κ1) is 24.2. The van der Waals surface area contributed by atoms with E-state index < -0.39 is 0 Å². The molecule has 0 atom stereocenters. The molecular formula is C29H23FN4O2. The van der Waals surface area contributed by atoms with Gasteiger partial charge in [0.15, 0.2) is 11.5 Å². The molecule has 0 aliphatic rings. The van der Waals surface area contributed by atoms with Gasteiger partial charge in [-0.1, -0.05) is 42.5 Å². The molecule has 0 unspecified atom stereocenters. The molecule has 0 fully saturated rings. The number of hydrogen-bond donors (Lipinski definition) is 1. The number of nitrogens with zero attached hydrogens (tertiary/aromatic N) is 3. The van der Waals surface area contributed by atoms with E-state index in [4.69, 9.17) is 14.7 Å². The van der Waals surface area contributed by atoms with E-state index in [0.717, 1.165) is 16.9 Å². The van der Waals surface area contributed by atoms with Gasteiger partial charge in [-0.05, 0) is 48.6 Å². The second-order valence-electron chi connectivity index (χ2n) is 7.58. The molecule has 0 saturated carbocycles. The van der Waals surface area contributed by atoms with Gasteiger partial charge in [0.1, 0.15) is 24.3 Å². The summed E-state index contributed by atoms with van der Waals surface area (Å²) in [4.78, 5) is 8.80. The van der Waals surface area contributed by atoms with Crippen LogP contribution < -0.4 is 14.8 Å². The molecule has 0 bridgehead atoms. The van der Waals surface area contributed by atoms with Gasteiger partial charge >= 0.3 is 0 Å². The first-order valence-corrected chi connectivity index (χ1v) is 11.1. The minimum Gasteiger partial charge on any atom is -0.493 e. The van der Waals surface area contributed by atoms with Crippen LogP contribution in [0.5, 0.6) is 11.5 Å². The van der Waals surface area contributed by atoms with Crippen molar-refractivity contribution in [1.29, 1.82) is 5.26 Å². The number of benzene rings is 3. The van der Waals surface area contributed by atoms with Crippen LogP contribution in [-0.2, 0) is 6.61 Å². The lowest BCUT2D eigenvalue weighted by Crippen LogP contribution is -2.01. The fourth-order valence-corrected chi connectivity index (χ4v) is 3.38. The lowest BCUT2D eigenvalue weighted by atomic mass is 10.1. The van der Waals surface area contributed by atoms with Gasteiger partial charge in [-0.2, -0.15) is 5.26 Å². The Labute approximate surface area is 209 Å². The smallest absolute Gasteiger partial charge is 0.168 e. The maximum absolute atomic E-state index is 14.0. The number of methoxy groups -OCH3 is 1. The molecule has 4 rings (SSSR count). The van der Waals surface area contributed by atoms with Crippen molar-refractivity contribution in [2.45, 2.75) is 6.61 Å². The van der Waals surface area contributed by atoms with E-state index >= 15 is 0 Å². The minimum atomic E-state index is -0.319. The minimum absolute atomic E-state index is 0.0738. The van der Waals surface area contributed by atoms with Crippen LogP contribution in [0.1, 0.15) is 16.7 Å². The summed E-state index contributed by atoms with van der Waals surface area (Å²) in [6.07, 6.45) is 6.83. The van der Waals surface area contributed by atoms with E-state index in [-0.39, 0.29) is 12.4 Å². The number of nitrogens with one attached hydrogen (secondary N) is 1. The van der Waals surface area contributed by atoms with E-state index in [0.29, 0.717) is 28.4 Å². The summed E-state index contributed by atoms with van der Waals surface area (Å²) >= 11 is 0. The maximum Gasteiger partial charge on any atom is 0.168 e. The van der Waals surface area contributed by atoms with Crippen LogP contribution in [0.25, 0.3) is 6.08 Å². The number of para-hydroxylation sites is 3. The number of rotatable bonds is 9. The van der Waals surface area contributed by atoms with Crippen molar-refractivity contribution in [1.82, 2.24) is 4.98 Å². The Morgan fingerprint density at radius 1 is 1.03 bits per heavy atom. The number of pyridine rings is 1. The molecule has 0 amide bonds. The molecule has 0 aliphatic carbocycles. The molecule has 1 aromatic heterocycles. The Hall–Kier alpha value is -4.96. The van der Waals surface area contributed by atoms with Crippen molar-refractivity contribution in [3.05, 3.63) is 114 Å². The lowest BCUT2D eigenvalue weighted by molar-refractivity contribution is 0.279. The summed E-state index contributed by atoms with van der Waals surface area (Å²) in [5.41, 5.74) is 3.21. The zero-order valence-electron chi connectivity index (χ0n) is 19.6. The van der Waals surface area contributed by atoms with Gasteiger partial charge in [0.05, 0.1) is 24.0 Å². The Balaban J connectivity index is 1.50. The van der Waals surface area contributed by atoms with Gasteiger partial charge < -0.3 is 14.8 Å². The standard InChI is InChI=1S/C29H23FN4O2/c1-35-27-14-6-9-22(29(27)36-20-23-8-2-3-11-24(23)30)10-7-17-32-25-12-4-5-13-26(25)34-28-16-15-21(18-31)19-33-28/h2-17,19H,20H2,1H3,(H,33,34)/b10-7+,32-17?. The zero-order valence-corrected chi connectivity index (χ0v) is 19.6. The summed E-state index contributed by atoms with van der Waals surface area (Å²) in [6, 6.07) is 25.1. The molecular weight excluding hydrogens is 455 g/mol. The van der Waals surface area contributed by atoms with E-state index in [1.807, 2.05) is 42.5 Å². The molecule has 4 aromatic rings. The van der Waals surface area contributed by atoms with Gasteiger partial charge in [0.2, 0.25) is 0 Å². The topological polar surface area (TPSA) is 79.5 Å². The highest BCUT2D eigenvalue weighted by molar-refractivity contribution is 5.84. The first-order valence-electron chi connectivity index (χ1n) is 11.1. The van der Waals surface area contributed by atoms with Crippen LogP contribution in [0.15, 0.2) is 96.1 Å². The van der Waals surface area contributed by atoms with Crippen LogP contribution in [0.4, 0.5) is 21.6 Å². The highest BCUT2D eigenvalue weighted by Gasteiger charge is 2.10. The van der Waals surface area contributed by atoms with Gasteiger partial charge in [0, 0.05) is 23.5 Å². The second-order valence-corrected chi connectivity index (χ2v) is 7.58. The average molecular weight is 479 g/mol. The highest BCUT2D eigenvalue weighted by atomic mass is 19.1. The molecule has 178 valence electrons. The molecule has 0 aliphatic heterocycles. The molecule has 1 N–H and O–H groups in total. The summed E-state index contributed by atoms with van der Waals surface area (Å²) in [5, 5.41) is 12.2. The second kappa shape index (κ2) is 12.0. The van der Waals surface area contributed by atoms with Crippen LogP contribution >= 0.6 is 0 Å². The Morgan fingerprint density at radius 3 is 2.64 bits per heavy atom. The number of aliphatic imine (C=N–C) groups is 1. The largest absolute Gasteiger partial charge is 0.493 e. The monoisotopic (exact) mass is 478 g/mol. The third-order valence-electron chi connectivity index (χ3n) is 5.19. The Bertz CT molecular complexity index is 1430. The molecule has 0 spiro atoms. The van der Waals surface area contributed by atoms with E-state index in [9.17, 15) is 4.39 Å². The molecule has 3 aromatic carbocycles. The van der Waals surface area contributed by atoms with Crippen molar-refractivity contribution in [2.75, 3.05) is 12.4 Å². The average Bonchev–Trinajstić information content (AvgIpc) is 2.92. The van der Waals surface area contributed by atoms with E-state index in [1.54, 1.807) is 55.8 Å². The van der Waals surface area contributed by atoms with E-state index in [1.165, 1.54) is 12.3 Å². The van der Waals surface area contributed by atoms with Gasteiger partial charge in [-0.25, -0.2) is 9.37 Å². The molecule has 0 saturated heterocycles. The number of nitriles is 1. The summed E-state index contributed by atoms with van der Waals surface area (Å²) < 4.78 is 25.4.